The third-order valence-electron chi connectivity index (χ3n) is 6.45. The molecular weight excluding hydrogens is 502 g/mol. The number of ether oxygens (including phenoxy) is 1. The van der Waals surface area contributed by atoms with Crippen molar-refractivity contribution in [2.75, 3.05) is 24.7 Å². The summed E-state index contributed by atoms with van der Waals surface area (Å²) in [6.45, 7) is 4.40. The molecule has 0 spiro atoms. The highest BCUT2D eigenvalue weighted by atomic mass is 32.2. The molecule has 0 radical (unpaired) electrons. The number of nitrogens with zero attached hydrogens (tertiary/aromatic N) is 5. The monoisotopic (exact) mass is 528 g/mol. The highest BCUT2D eigenvalue weighted by molar-refractivity contribution is 7.89. The Morgan fingerprint density at radius 2 is 2.14 bits per heavy atom. The Kier molecular flexibility index (Phi) is 6.28. The molecule has 4 heterocycles. The highest BCUT2D eigenvalue weighted by Gasteiger charge is 2.42. The number of anilines is 1. The van der Waals surface area contributed by atoms with E-state index in [0.717, 1.165) is 19.3 Å². The molecule has 0 amide bonds. The van der Waals surface area contributed by atoms with E-state index in [9.17, 15) is 22.3 Å². The van der Waals surface area contributed by atoms with Crippen LogP contribution in [0.5, 0.6) is 0 Å². The Morgan fingerprint density at radius 1 is 1.37 bits per heavy atom. The predicted octanol–water partition coefficient (Wildman–Crippen LogP) is 2.60. The molecule has 1 saturated carbocycles. The van der Waals surface area contributed by atoms with Gasteiger partial charge >= 0.3 is 0 Å². The molecule has 0 unspecified atom stereocenters. The number of morpholine rings is 1. The van der Waals surface area contributed by atoms with Crippen molar-refractivity contribution in [1.29, 1.82) is 0 Å². The van der Waals surface area contributed by atoms with E-state index in [1.54, 1.807) is 16.7 Å². The minimum absolute atomic E-state index is 0.0212. The molecule has 190 valence electrons. The third kappa shape index (κ3) is 4.65. The van der Waals surface area contributed by atoms with E-state index < -0.39 is 33.1 Å². The maximum Gasteiger partial charge on any atom is 0.291 e. The van der Waals surface area contributed by atoms with Crippen LogP contribution in [0.2, 0.25) is 0 Å². The number of sulfonamides is 1. The van der Waals surface area contributed by atoms with Crippen LogP contribution in [0.25, 0.3) is 16.3 Å². The smallest absolute Gasteiger partial charge is 0.291 e. The maximum atomic E-state index is 13.3. The largest absolute Gasteiger partial charge is 0.394 e. The summed E-state index contributed by atoms with van der Waals surface area (Å²) in [5.74, 6) is 0.223. The van der Waals surface area contributed by atoms with Crippen LogP contribution >= 0.6 is 11.3 Å². The van der Waals surface area contributed by atoms with E-state index in [1.165, 1.54) is 6.20 Å². The molecule has 2 atom stereocenters. The highest BCUT2D eigenvalue weighted by Crippen LogP contribution is 2.38. The van der Waals surface area contributed by atoms with Gasteiger partial charge in [-0.1, -0.05) is 18.3 Å². The summed E-state index contributed by atoms with van der Waals surface area (Å²) in [7, 11) is -3.90. The molecule has 2 fully saturated rings. The van der Waals surface area contributed by atoms with Gasteiger partial charge in [0.05, 0.1) is 42.8 Å². The fourth-order valence-electron chi connectivity index (χ4n) is 4.18. The van der Waals surface area contributed by atoms with E-state index >= 15 is 0 Å². The average molecular weight is 529 g/mol. The molecule has 2 N–H and O–H groups in total. The molecular formula is C21H26F2N6O4S2. The minimum atomic E-state index is -3.90. The number of rotatable bonds is 8. The van der Waals surface area contributed by atoms with Crippen LogP contribution in [0.15, 0.2) is 23.4 Å². The van der Waals surface area contributed by atoms with Crippen LogP contribution in [0.4, 0.5) is 14.5 Å². The van der Waals surface area contributed by atoms with Crippen molar-refractivity contribution in [3.63, 3.8) is 0 Å². The number of hydrogen-bond donors (Lipinski definition) is 2. The summed E-state index contributed by atoms with van der Waals surface area (Å²) in [6, 6.07) is 1.54. The van der Waals surface area contributed by atoms with Gasteiger partial charge in [-0.25, -0.2) is 26.9 Å². The van der Waals surface area contributed by atoms with Gasteiger partial charge in [0, 0.05) is 18.3 Å². The lowest BCUT2D eigenvalue weighted by Crippen LogP contribution is -2.51. The molecule has 1 aliphatic carbocycles. The van der Waals surface area contributed by atoms with Crippen molar-refractivity contribution in [2.24, 2.45) is 0 Å². The molecule has 35 heavy (non-hydrogen) atoms. The lowest BCUT2D eigenvalue weighted by atomic mass is 10.1. The standard InChI is InChI=1S/C21H26F2N6O4S2/c1-3-12-11-33-13(10-30)8-28(12)15-6-14(35(31,32)27-21(2)4-5-21)9-29-16(15)7-24-18(29)20-26-25-19(34-20)17(22)23/h6-7,9,12-13,17,27,30H,3-5,8,10-11H2,1-2H3/t12-,13-/m1/s1. The zero-order valence-corrected chi connectivity index (χ0v) is 20.8. The zero-order valence-electron chi connectivity index (χ0n) is 19.2. The summed E-state index contributed by atoms with van der Waals surface area (Å²) in [5, 5.41) is 16.8. The van der Waals surface area contributed by atoms with Gasteiger partial charge in [0.1, 0.15) is 4.90 Å². The topological polar surface area (TPSA) is 122 Å². The molecule has 5 rings (SSSR count). The molecule has 2 aliphatic rings. The molecule has 3 aromatic rings. The molecule has 1 saturated heterocycles. The van der Waals surface area contributed by atoms with Crippen molar-refractivity contribution >= 4 is 32.6 Å². The van der Waals surface area contributed by atoms with E-state index in [1.807, 2.05) is 18.7 Å². The van der Waals surface area contributed by atoms with Gasteiger partial charge in [0.2, 0.25) is 10.0 Å². The number of nitrogens with one attached hydrogen (secondary N) is 1. The Hall–Kier alpha value is -2.26. The van der Waals surface area contributed by atoms with Crippen molar-refractivity contribution in [1.82, 2.24) is 24.3 Å². The van der Waals surface area contributed by atoms with Gasteiger partial charge < -0.3 is 14.7 Å². The summed E-state index contributed by atoms with van der Waals surface area (Å²) >= 11 is 0.710. The van der Waals surface area contributed by atoms with Crippen molar-refractivity contribution < 1.29 is 27.0 Å². The first-order valence-corrected chi connectivity index (χ1v) is 13.6. The molecule has 3 aromatic heterocycles. The fourth-order valence-corrected chi connectivity index (χ4v) is 6.35. The van der Waals surface area contributed by atoms with Crippen LogP contribution in [-0.4, -0.2) is 70.5 Å². The Labute approximate surface area is 205 Å². The van der Waals surface area contributed by atoms with Crippen LogP contribution in [-0.2, 0) is 14.8 Å². The summed E-state index contributed by atoms with van der Waals surface area (Å²) in [6.07, 6.45) is 2.03. The number of hydrogen-bond acceptors (Lipinski definition) is 9. The number of fused-ring (bicyclic) bond motifs is 1. The third-order valence-corrected chi connectivity index (χ3v) is 8.99. The number of aliphatic hydroxyl groups is 1. The second-order valence-corrected chi connectivity index (χ2v) is 11.9. The molecule has 0 aromatic carbocycles. The van der Waals surface area contributed by atoms with E-state index in [4.69, 9.17) is 4.74 Å². The van der Waals surface area contributed by atoms with Crippen LogP contribution in [0.1, 0.15) is 44.5 Å². The molecule has 1 aliphatic heterocycles. The summed E-state index contributed by atoms with van der Waals surface area (Å²) in [5.41, 5.74) is 0.700. The van der Waals surface area contributed by atoms with Crippen LogP contribution in [0, 0.1) is 0 Å². The summed E-state index contributed by atoms with van der Waals surface area (Å²) < 4.78 is 63.0. The molecule has 14 heteroatoms. The first-order valence-electron chi connectivity index (χ1n) is 11.3. The lowest BCUT2D eigenvalue weighted by molar-refractivity contribution is -0.0134. The van der Waals surface area contributed by atoms with E-state index in [0.29, 0.717) is 35.7 Å². The number of alkyl halides is 2. The Balaban J connectivity index is 1.68. The van der Waals surface area contributed by atoms with Gasteiger partial charge in [-0.3, -0.25) is 4.40 Å². The van der Waals surface area contributed by atoms with Crippen molar-refractivity contribution in [2.45, 2.75) is 62.1 Å². The van der Waals surface area contributed by atoms with Crippen molar-refractivity contribution in [3.8, 4) is 10.8 Å². The second kappa shape index (κ2) is 9.00. The van der Waals surface area contributed by atoms with Gasteiger partial charge in [-0.2, -0.15) is 0 Å². The Bertz CT molecular complexity index is 1340. The second-order valence-electron chi connectivity index (χ2n) is 9.16. The summed E-state index contributed by atoms with van der Waals surface area (Å²) in [4.78, 5) is 6.44. The fraction of sp³-hybridized carbons (Fsp3) is 0.571. The van der Waals surface area contributed by atoms with Crippen LogP contribution in [0.3, 0.4) is 0 Å². The van der Waals surface area contributed by atoms with Gasteiger partial charge in [-0.05, 0) is 32.3 Å². The quantitative estimate of drug-likeness (QED) is 0.458. The zero-order chi connectivity index (χ0) is 25.0. The molecule has 0 bridgehead atoms. The lowest BCUT2D eigenvalue weighted by Gasteiger charge is -2.40. The van der Waals surface area contributed by atoms with Crippen LogP contribution < -0.4 is 9.62 Å². The van der Waals surface area contributed by atoms with Gasteiger partial charge in [0.15, 0.2) is 15.8 Å². The number of pyridine rings is 1. The Morgan fingerprint density at radius 3 is 2.77 bits per heavy atom. The average Bonchev–Trinajstić information content (AvgIpc) is 3.21. The first-order chi connectivity index (χ1) is 16.6. The number of imidazole rings is 1. The molecule has 10 nitrogen and oxygen atoms in total. The SMILES string of the molecule is CC[C@@H]1CO[C@@H](CO)CN1c1cc(S(=O)(=O)NC2(C)CC2)cn2c(-c3nnc(C(F)F)s3)ncc12. The van der Waals surface area contributed by atoms with E-state index in [2.05, 4.69) is 19.9 Å². The maximum absolute atomic E-state index is 13.3. The normalized spacial score (nSPS) is 22.3. The van der Waals surface area contributed by atoms with E-state index in [-0.39, 0.29) is 28.4 Å². The number of aromatic nitrogens is 4. The predicted molar refractivity (Wildman–Crippen MR) is 125 cm³/mol. The number of halogens is 2. The van der Waals surface area contributed by atoms with Gasteiger partial charge in [-0.15, -0.1) is 10.2 Å². The van der Waals surface area contributed by atoms with Crippen molar-refractivity contribution in [3.05, 3.63) is 23.5 Å². The first kappa shape index (κ1) is 24.4. The number of aliphatic hydroxyl groups excluding tert-OH is 1. The minimum Gasteiger partial charge on any atom is -0.394 e. The van der Waals surface area contributed by atoms with Gasteiger partial charge in [0.25, 0.3) is 6.43 Å².